The van der Waals surface area contributed by atoms with Crippen LogP contribution in [0.3, 0.4) is 0 Å². The second-order valence-electron chi connectivity index (χ2n) is 7.10. The summed E-state index contributed by atoms with van der Waals surface area (Å²) in [5, 5.41) is 7.84. The molecule has 0 aromatic rings. The Morgan fingerprint density at radius 1 is 1.09 bits per heavy atom. The van der Waals surface area contributed by atoms with E-state index < -0.39 is 0 Å². The Kier molecular flexibility index (Phi) is 8.82. The summed E-state index contributed by atoms with van der Waals surface area (Å²) in [5.41, 5.74) is 7.29. The standard InChI is InChI=1S/C22H35N/c1-10-12-16(3)13-17(4)14-22(8,9)20(7)21(15-23)19(6)18(5)11-2/h11-13,15,23H,2,10,14H2,1,3-9H3/b16-12-,17-13-,19-18-,21-20+,23-15?. The maximum Gasteiger partial charge on any atom is 0.0252 e. The molecule has 0 unspecified atom stereocenters. The van der Waals surface area contributed by atoms with Gasteiger partial charge in [-0.2, -0.15) is 0 Å². The van der Waals surface area contributed by atoms with E-state index in [2.05, 4.69) is 74.1 Å². The summed E-state index contributed by atoms with van der Waals surface area (Å²) in [4.78, 5) is 0. The SMILES string of the molecule is C=C/C(C)=C(C)\C(C=N)=C(/C)C(C)(C)C/C(C)=C\C(C)=C/CC. The number of nitrogens with one attached hydrogen (secondary N) is 1. The van der Waals surface area contributed by atoms with Crippen molar-refractivity contribution in [3.8, 4) is 0 Å². The molecule has 0 amide bonds. The Balaban J connectivity index is 5.72. The average molecular weight is 314 g/mol. The molecular formula is C22H35N. The van der Waals surface area contributed by atoms with E-state index in [1.807, 2.05) is 6.08 Å². The minimum Gasteiger partial charge on any atom is -0.308 e. The third-order valence-corrected chi connectivity index (χ3v) is 4.59. The van der Waals surface area contributed by atoms with Crippen LogP contribution >= 0.6 is 0 Å². The summed E-state index contributed by atoms with van der Waals surface area (Å²) in [6.07, 6.45) is 9.94. The Bertz CT molecular complexity index is 563. The van der Waals surface area contributed by atoms with Gasteiger partial charge in [0.05, 0.1) is 0 Å². The van der Waals surface area contributed by atoms with Crippen LogP contribution in [-0.4, -0.2) is 6.21 Å². The minimum atomic E-state index is 0.0165. The summed E-state index contributed by atoms with van der Waals surface area (Å²) in [7, 11) is 0. The van der Waals surface area contributed by atoms with E-state index in [1.54, 1.807) is 0 Å². The van der Waals surface area contributed by atoms with Crippen molar-refractivity contribution < 1.29 is 0 Å². The normalized spacial score (nSPS) is 15.8. The van der Waals surface area contributed by atoms with E-state index in [9.17, 15) is 0 Å². The molecule has 1 N–H and O–H groups in total. The van der Waals surface area contributed by atoms with Crippen LogP contribution < -0.4 is 0 Å². The maximum absolute atomic E-state index is 7.84. The summed E-state index contributed by atoms with van der Waals surface area (Å²) < 4.78 is 0. The molecule has 0 atom stereocenters. The molecule has 0 aliphatic rings. The van der Waals surface area contributed by atoms with Crippen molar-refractivity contribution in [1.29, 1.82) is 5.41 Å². The molecule has 23 heavy (non-hydrogen) atoms. The summed E-state index contributed by atoms with van der Waals surface area (Å²) in [6, 6.07) is 0. The van der Waals surface area contributed by atoms with Crippen LogP contribution in [0.15, 0.2) is 58.2 Å². The molecule has 0 heterocycles. The highest BCUT2D eigenvalue weighted by molar-refractivity contribution is 5.84. The Morgan fingerprint density at radius 2 is 1.65 bits per heavy atom. The lowest BCUT2D eigenvalue weighted by molar-refractivity contribution is 0.440. The number of hydrogen-bond acceptors (Lipinski definition) is 1. The molecule has 0 saturated heterocycles. The maximum atomic E-state index is 7.84. The third kappa shape index (κ3) is 6.56. The van der Waals surface area contributed by atoms with Crippen molar-refractivity contribution >= 4 is 6.21 Å². The molecule has 0 aliphatic carbocycles. The smallest absolute Gasteiger partial charge is 0.0252 e. The van der Waals surface area contributed by atoms with E-state index in [-0.39, 0.29) is 5.41 Å². The van der Waals surface area contributed by atoms with Gasteiger partial charge in [-0.1, -0.05) is 62.3 Å². The van der Waals surface area contributed by atoms with Gasteiger partial charge in [-0.05, 0) is 69.6 Å². The molecule has 1 heteroatoms. The second-order valence-corrected chi connectivity index (χ2v) is 7.10. The van der Waals surface area contributed by atoms with Gasteiger partial charge in [-0.25, -0.2) is 0 Å². The van der Waals surface area contributed by atoms with Crippen molar-refractivity contribution in [3.05, 3.63) is 58.2 Å². The Labute approximate surface area is 144 Å². The van der Waals surface area contributed by atoms with E-state index in [0.29, 0.717) is 0 Å². The molecule has 0 fully saturated rings. The quantitative estimate of drug-likeness (QED) is 0.362. The molecule has 0 bridgehead atoms. The van der Waals surface area contributed by atoms with Crippen LogP contribution in [0.2, 0.25) is 0 Å². The largest absolute Gasteiger partial charge is 0.308 e. The molecular weight excluding hydrogens is 278 g/mol. The third-order valence-electron chi connectivity index (χ3n) is 4.59. The van der Waals surface area contributed by atoms with Gasteiger partial charge in [0.2, 0.25) is 0 Å². The van der Waals surface area contributed by atoms with Gasteiger partial charge in [0.15, 0.2) is 0 Å². The number of rotatable bonds is 8. The Morgan fingerprint density at radius 3 is 2.09 bits per heavy atom. The van der Waals surface area contributed by atoms with Crippen LogP contribution in [0.25, 0.3) is 0 Å². The molecule has 0 saturated carbocycles. The highest BCUT2D eigenvalue weighted by Crippen LogP contribution is 2.37. The number of hydrogen-bond donors (Lipinski definition) is 1. The van der Waals surface area contributed by atoms with Crippen LogP contribution in [0.5, 0.6) is 0 Å². The first-order valence-corrected chi connectivity index (χ1v) is 8.46. The zero-order valence-electron chi connectivity index (χ0n) is 16.4. The first-order valence-electron chi connectivity index (χ1n) is 8.46. The first-order chi connectivity index (χ1) is 10.6. The topological polar surface area (TPSA) is 23.9 Å². The fourth-order valence-corrected chi connectivity index (χ4v) is 2.88. The second kappa shape index (κ2) is 9.50. The van der Waals surface area contributed by atoms with Gasteiger partial charge < -0.3 is 5.41 Å². The number of allylic oxidation sites excluding steroid dienone is 9. The lowest BCUT2D eigenvalue weighted by Gasteiger charge is -2.29. The highest BCUT2D eigenvalue weighted by Gasteiger charge is 2.23. The van der Waals surface area contributed by atoms with Gasteiger partial charge in [0.25, 0.3) is 0 Å². The zero-order valence-corrected chi connectivity index (χ0v) is 16.4. The molecule has 0 aromatic carbocycles. The van der Waals surface area contributed by atoms with Crippen molar-refractivity contribution in [1.82, 2.24) is 0 Å². The predicted octanol–water partition coefficient (Wildman–Crippen LogP) is 7.19. The van der Waals surface area contributed by atoms with E-state index in [1.165, 1.54) is 22.9 Å². The van der Waals surface area contributed by atoms with E-state index in [4.69, 9.17) is 5.41 Å². The molecule has 0 aromatic heterocycles. The van der Waals surface area contributed by atoms with Crippen LogP contribution in [0.4, 0.5) is 0 Å². The van der Waals surface area contributed by atoms with E-state index in [0.717, 1.165) is 29.6 Å². The van der Waals surface area contributed by atoms with Crippen molar-refractivity contribution in [2.75, 3.05) is 0 Å². The average Bonchev–Trinajstić information content (AvgIpc) is 2.46. The molecule has 128 valence electrons. The zero-order chi connectivity index (χ0) is 18.2. The van der Waals surface area contributed by atoms with Crippen molar-refractivity contribution in [2.45, 2.75) is 68.2 Å². The van der Waals surface area contributed by atoms with Gasteiger partial charge in [-0.15, -0.1) is 0 Å². The lowest BCUT2D eigenvalue weighted by atomic mass is 9.76. The monoisotopic (exact) mass is 313 g/mol. The van der Waals surface area contributed by atoms with Crippen LogP contribution in [-0.2, 0) is 0 Å². The summed E-state index contributed by atoms with van der Waals surface area (Å²) >= 11 is 0. The van der Waals surface area contributed by atoms with Gasteiger partial charge >= 0.3 is 0 Å². The first kappa shape index (κ1) is 21.4. The molecule has 0 aliphatic heterocycles. The highest BCUT2D eigenvalue weighted by atomic mass is 14.4. The fourth-order valence-electron chi connectivity index (χ4n) is 2.88. The van der Waals surface area contributed by atoms with Gasteiger partial charge in [0.1, 0.15) is 0 Å². The predicted molar refractivity (Wildman–Crippen MR) is 106 cm³/mol. The van der Waals surface area contributed by atoms with Gasteiger partial charge in [0, 0.05) is 6.21 Å². The minimum absolute atomic E-state index is 0.0165. The molecule has 0 spiro atoms. The molecule has 0 rings (SSSR count). The lowest BCUT2D eigenvalue weighted by Crippen LogP contribution is -2.16. The Hall–Kier alpha value is -1.63. The van der Waals surface area contributed by atoms with Crippen LogP contribution in [0.1, 0.15) is 68.2 Å². The summed E-state index contributed by atoms with van der Waals surface area (Å²) in [6.45, 7) is 21.2. The molecule has 0 radical (unpaired) electrons. The van der Waals surface area contributed by atoms with Crippen molar-refractivity contribution in [3.63, 3.8) is 0 Å². The molecule has 1 nitrogen and oxygen atoms in total. The van der Waals surface area contributed by atoms with Crippen LogP contribution in [0, 0.1) is 10.8 Å². The van der Waals surface area contributed by atoms with Gasteiger partial charge in [-0.3, -0.25) is 0 Å². The summed E-state index contributed by atoms with van der Waals surface area (Å²) in [5.74, 6) is 0. The van der Waals surface area contributed by atoms with E-state index >= 15 is 0 Å². The fraction of sp³-hybridized carbons (Fsp3) is 0.500. The van der Waals surface area contributed by atoms with Crippen molar-refractivity contribution in [2.24, 2.45) is 5.41 Å².